The average molecular weight is 486 g/mol. The van der Waals surface area contributed by atoms with Crippen LogP contribution in [0.1, 0.15) is 36.0 Å². The largest absolute Gasteiger partial charge is 0.474 e. The molecule has 0 atom stereocenters. The summed E-state index contributed by atoms with van der Waals surface area (Å²) in [7, 11) is -3.98. The second kappa shape index (κ2) is 8.82. The number of aliphatic hydroxyl groups is 1. The number of anilines is 1. The number of nitrogens with zero attached hydrogens (tertiary/aromatic N) is 2. The molecule has 1 aromatic heterocycles. The van der Waals surface area contributed by atoms with Gasteiger partial charge in [-0.25, -0.2) is 13.4 Å². The fraction of sp³-hybridized carbons (Fsp3) is 0.400. The van der Waals surface area contributed by atoms with Gasteiger partial charge >= 0.3 is 0 Å². The Kier molecular flexibility index (Phi) is 6.30. The van der Waals surface area contributed by atoms with Crippen LogP contribution >= 0.6 is 23.2 Å². The van der Waals surface area contributed by atoms with Crippen LogP contribution in [0, 0.1) is 0 Å². The molecule has 2 heterocycles. The Bertz CT molecular complexity index is 1100. The molecule has 1 fully saturated rings. The van der Waals surface area contributed by atoms with E-state index in [1.54, 1.807) is 0 Å². The van der Waals surface area contributed by atoms with Crippen molar-refractivity contribution < 1.29 is 23.1 Å². The Hall–Kier alpha value is -2.07. The Balaban J connectivity index is 1.61. The molecular formula is C20H21Cl2N3O5S. The highest BCUT2D eigenvalue weighted by molar-refractivity contribution is 7.92. The summed E-state index contributed by atoms with van der Waals surface area (Å²) in [5.74, 6) is -0.221. The van der Waals surface area contributed by atoms with E-state index in [4.69, 9.17) is 27.9 Å². The van der Waals surface area contributed by atoms with Gasteiger partial charge in [0.15, 0.2) is 0 Å². The van der Waals surface area contributed by atoms with Crippen LogP contribution in [-0.4, -0.2) is 49.7 Å². The van der Waals surface area contributed by atoms with Gasteiger partial charge in [-0.2, -0.15) is 0 Å². The fourth-order valence-corrected chi connectivity index (χ4v) is 5.53. The number of aromatic nitrogens is 1. The Morgan fingerprint density at radius 2 is 1.90 bits per heavy atom. The molecule has 1 aromatic carbocycles. The summed E-state index contributed by atoms with van der Waals surface area (Å²) in [5, 5.41) is 12.9. The van der Waals surface area contributed by atoms with Crippen molar-refractivity contribution in [1.29, 1.82) is 0 Å². The van der Waals surface area contributed by atoms with E-state index in [1.165, 1.54) is 30.5 Å². The Labute approximate surface area is 190 Å². The first-order chi connectivity index (χ1) is 14.8. The molecule has 2 N–H and O–H groups in total. The molecule has 2 aromatic rings. The molecule has 1 amide bonds. The third-order valence-electron chi connectivity index (χ3n) is 5.41. The minimum absolute atomic E-state index is 0.0228. The molecule has 1 saturated carbocycles. The number of hydrogen-bond donors (Lipinski definition) is 2. The van der Waals surface area contributed by atoms with Crippen molar-refractivity contribution in [1.82, 2.24) is 10.3 Å². The molecule has 1 aliphatic carbocycles. The number of hydrogen-bond acceptors (Lipinski definition) is 6. The number of carbonyl (C=O) groups is 1. The van der Waals surface area contributed by atoms with Crippen molar-refractivity contribution in [2.24, 2.45) is 0 Å². The topological polar surface area (TPSA) is 109 Å². The normalized spacial score (nSPS) is 21.2. The molecule has 8 nitrogen and oxygen atoms in total. The molecule has 0 radical (unpaired) electrons. The molecule has 11 heteroatoms. The number of pyridine rings is 1. The van der Waals surface area contributed by atoms with Crippen LogP contribution in [0.25, 0.3) is 0 Å². The molecule has 166 valence electrons. The molecule has 0 spiro atoms. The minimum Gasteiger partial charge on any atom is -0.474 e. The Morgan fingerprint density at radius 3 is 2.61 bits per heavy atom. The average Bonchev–Trinajstić information content (AvgIpc) is 2.76. The predicted octanol–water partition coefficient (Wildman–Crippen LogP) is 3.01. The lowest BCUT2D eigenvalue weighted by atomic mass is 9.93. The lowest BCUT2D eigenvalue weighted by Crippen LogP contribution is -2.40. The molecule has 2 aliphatic rings. The first-order valence-corrected chi connectivity index (χ1v) is 12.0. The zero-order valence-electron chi connectivity index (χ0n) is 16.4. The van der Waals surface area contributed by atoms with Crippen molar-refractivity contribution in [2.75, 3.05) is 17.5 Å². The minimum atomic E-state index is -3.98. The van der Waals surface area contributed by atoms with Gasteiger partial charge in [0.25, 0.3) is 15.9 Å². The van der Waals surface area contributed by atoms with Crippen molar-refractivity contribution in [2.45, 2.75) is 42.7 Å². The van der Waals surface area contributed by atoms with E-state index < -0.39 is 10.0 Å². The number of sulfonamides is 1. The number of halogens is 2. The summed E-state index contributed by atoms with van der Waals surface area (Å²) in [4.78, 5) is 16.9. The van der Waals surface area contributed by atoms with Crippen LogP contribution in [0.3, 0.4) is 0 Å². The number of benzene rings is 1. The molecule has 0 saturated heterocycles. The second-order valence-electron chi connectivity index (χ2n) is 7.53. The number of aliphatic hydroxyl groups excluding tert-OH is 1. The van der Waals surface area contributed by atoms with Crippen molar-refractivity contribution in [3.63, 3.8) is 0 Å². The number of carbonyl (C=O) groups excluding carboxylic acids is 1. The van der Waals surface area contributed by atoms with E-state index in [0.29, 0.717) is 25.7 Å². The SMILES string of the molecule is O=C(N[C@H]1CC[C@H](O)CC1)c1cnc2c(c1)N(S(=O)(=O)c1ccc(Cl)c(Cl)c1)CCO2. The van der Waals surface area contributed by atoms with Crippen molar-refractivity contribution in [3.05, 3.63) is 46.1 Å². The molecule has 0 bridgehead atoms. The summed E-state index contributed by atoms with van der Waals surface area (Å²) in [6.07, 6.45) is 3.68. The maximum atomic E-state index is 13.3. The van der Waals surface area contributed by atoms with Gasteiger partial charge in [-0.15, -0.1) is 0 Å². The van der Waals surface area contributed by atoms with Gasteiger partial charge < -0.3 is 15.2 Å². The van der Waals surface area contributed by atoms with E-state index in [2.05, 4.69) is 10.3 Å². The van der Waals surface area contributed by atoms with Gasteiger partial charge in [0.1, 0.15) is 12.3 Å². The molecular weight excluding hydrogens is 465 g/mol. The van der Waals surface area contributed by atoms with E-state index in [1.807, 2.05) is 0 Å². The van der Waals surface area contributed by atoms with Gasteiger partial charge in [0.2, 0.25) is 5.88 Å². The highest BCUT2D eigenvalue weighted by Gasteiger charge is 2.32. The summed E-state index contributed by atoms with van der Waals surface area (Å²) >= 11 is 11.9. The van der Waals surface area contributed by atoms with Gasteiger partial charge in [-0.05, 0) is 49.9 Å². The maximum absolute atomic E-state index is 13.3. The third kappa shape index (κ3) is 4.59. The van der Waals surface area contributed by atoms with E-state index in [-0.39, 0.29) is 63.3 Å². The standard InChI is InChI=1S/C20H21Cl2N3O5S/c21-16-6-5-15(10-17(16)22)31(28,29)25-7-8-30-20-18(25)9-12(11-23-20)19(27)24-13-1-3-14(26)4-2-13/h5-6,9-11,13-14,26H,1-4,7-8H2,(H,24,27)/t13-,14-. The first kappa shape index (κ1) is 22.1. The first-order valence-electron chi connectivity index (χ1n) is 9.85. The fourth-order valence-electron chi connectivity index (χ4n) is 3.70. The second-order valence-corrected chi connectivity index (χ2v) is 10.2. The smallest absolute Gasteiger partial charge is 0.264 e. The zero-order valence-corrected chi connectivity index (χ0v) is 18.8. The van der Waals surface area contributed by atoms with Crippen LogP contribution in [0.15, 0.2) is 35.4 Å². The van der Waals surface area contributed by atoms with Crippen LogP contribution in [0.4, 0.5) is 5.69 Å². The van der Waals surface area contributed by atoms with Crippen molar-refractivity contribution >= 4 is 44.8 Å². The van der Waals surface area contributed by atoms with E-state index in [0.717, 1.165) is 4.31 Å². The maximum Gasteiger partial charge on any atom is 0.264 e. The zero-order chi connectivity index (χ0) is 22.2. The summed E-state index contributed by atoms with van der Waals surface area (Å²) in [6.45, 7) is 0.180. The van der Waals surface area contributed by atoms with Crippen molar-refractivity contribution in [3.8, 4) is 5.88 Å². The van der Waals surface area contributed by atoms with Gasteiger partial charge in [0.05, 0.1) is 33.2 Å². The van der Waals surface area contributed by atoms with Gasteiger partial charge in [-0.3, -0.25) is 9.10 Å². The highest BCUT2D eigenvalue weighted by atomic mass is 35.5. The lowest BCUT2D eigenvalue weighted by Gasteiger charge is -2.30. The number of nitrogens with one attached hydrogen (secondary N) is 1. The van der Waals surface area contributed by atoms with E-state index >= 15 is 0 Å². The summed E-state index contributed by atoms with van der Waals surface area (Å²) in [5.41, 5.74) is 0.411. The van der Waals surface area contributed by atoms with Crippen LogP contribution in [-0.2, 0) is 10.0 Å². The number of ether oxygens (including phenoxy) is 1. The van der Waals surface area contributed by atoms with Crippen LogP contribution in [0.2, 0.25) is 10.0 Å². The molecule has 0 unspecified atom stereocenters. The highest BCUT2D eigenvalue weighted by Crippen LogP contribution is 2.35. The van der Waals surface area contributed by atoms with E-state index in [9.17, 15) is 18.3 Å². The lowest BCUT2D eigenvalue weighted by molar-refractivity contribution is 0.0867. The van der Waals surface area contributed by atoms with Gasteiger partial charge in [-0.1, -0.05) is 23.2 Å². The molecule has 1 aliphatic heterocycles. The summed E-state index contributed by atoms with van der Waals surface area (Å²) < 4.78 is 33.2. The number of fused-ring (bicyclic) bond motifs is 1. The molecule has 4 rings (SSSR count). The van der Waals surface area contributed by atoms with Gasteiger partial charge in [0, 0.05) is 12.2 Å². The monoisotopic (exact) mass is 485 g/mol. The van der Waals surface area contributed by atoms with Crippen LogP contribution < -0.4 is 14.4 Å². The third-order valence-corrected chi connectivity index (χ3v) is 7.96. The predicted molar refractivity (Wildman–Crippen MR) is 116 cm³/mol. The Morgan fingerprint density at radius 1 is 1.16 bits per heavy atom. The number of amides is 1. The quantitative estimate of drug-likeness (QED) is 0.688. The molecule has 31 heavy (non-hydrogen) atoms. The number of rotatable bonds is 4. The van der Waals surface area contributed by atoms with Crippen LogP contribution in [0.5, 0.6) is 5.88 Å². The summed E-state index contributed by atoms with van der Waals surface area (Å²) in [6, 6.07) is 5.50.